The monoisotopic (exact) mass is 317 g/mol. The highest BCUT2D eigenvalue weighted by molar-refractivity contribution is 5.67. The molecule has 0 aliphatic heterocycles. The molecular formula is C15H15N3O5. The third kappa shape index (κ3) is 4.16. The van der Waals surface area contributed by atoms with Crippen LogP contribution in [-0.4, -0.2) is 26.1 Å². The molecule has 2 aromatic rings. The molecule has 23 heavy (non-hydrogen) atoms. The van der Waals surface area contributed by atoms with Crippen molar-refractivity contribution in [3.63, 3.8) is 0 Å². The number of nitrogens with zero attached hydrogens (tertiary/aromatic N) is 2. The zero-order valence-electron chi connectivity index (χ0n) is 12.5. The molecule has 0 aliphatic rings. The Balaban J connectivity index is 2.20. The highest BCUT2D eigenvalue weighted by Crippen LogP contribution is 2.18. The lowest BCUT2D eigenvalue weighted by Crippen LogP contribution is -2.14. The molecule has 0 bridgehead atoms. The number of aromatic amines is 1. The van der Waals surface area contributed by atoms with E-state index in [0.717, 1.165) is 11.3 Å². The molecule has 0 saturated carbocycles. The van der Waals surface area contributed by atoms with Gasteiger partial charge in [0.15, 0.2) is 0 Å². The average Bonchev–Trinajstić information content (AvgIpc) is 2.45. The van der Waals surface area contributed by atoms with Gasteiger partial charge in [0.1, 0.15) is 11.6 Å². The highest BCUT2D eigenvalue weighted by Gasteiger charge is 2.21. The van der Waals surface area contributed by atoms with Crippen molar-refractivity contribution < 1.29 is 14.8 Å². The van der Waals surface area contributed by atoms with Crippen LogP contribution >= 0.6 is 0 Å². The number of nitro groups is 1. The number of hydrogen-bond acceptors (Lipinski definition) is 6. The number of benzene rings is 1. The van der Waals surface area contributed by atoms with Crippen molar-refractivity contribution in [2.24, 2.45) is 0 Å². The van der Waals surface area contributed by atoms with E-state index in [1.54, 1.807) is 30.3 Å². The van der Waals surface area contributed by atoms with Gasteiger partial charge in [0.2, 0.25) is 0 Å². The quantitative estimate of drug-likeness (QED) is 0.645. The molecule has 8 nitrogen and oxygen atoms in total. The second-order valence-electron chi connectivity index (χ2n) is 4.95. The van der Waals surface area contributed by atoms with E-state index < -0.39 is 22.0 Å². The molecule has 8 heteroatoms. The van der Waals surface area contributed by atoms with E-state index in [1.165, 1.54) is 6.08 Å². The van der Waals surface area contributed by atoms with Gasteiger partial charge in [-0.15, -0.1) is 0 Å². The van der Waals surface area contributed by atoms with Crippen LogP contribution in [0.25, 0.3) is 12.2 Å². The smallest absolute Gasteiger partial charge is 0.395 e. The summed E-state index contributed by atoms with van der Waals surface area (Å²) in [5.41, 5.74) is -1.18. The molecular weight excluding hydrogens is 302 g/mol. The molecule has 1 heterocycles. The lowest BCUT2D eigenvalue weighted by atomic mass is 10.2. The third-order valence-corrected chi connectivity index (χ3v) is 2.76. The first-order chi connectivity index (χ1) is 10.9. The van der Waals surface area contributed by atoms with Gasteiger partial charge < -0.3 is 14.8 Å². The van der Waals surface area contributed by atoms with Crippen molar-refractivity contribution in [1.29, 1.82) is 0 Å². The van der Waals surface area contributed by atoms with E-state index in [4.69, 9.17) is 4.74 Å². The van der Waals surface area contributed by atoms with Crippen LogP contribution in [0, 0.1) is 10.1 Å². The Morgan fingerprint density at radius 3 is 2.48 bits per heavy atom. The van der Waals surface area contributed by atoms with Gasteiger partial charge in [-0.1, -0.05) is 18.2 Å². The van der Waals surface area contributed by atoms with Crippen LogP contribution in [0.15, 0.2) is 29.1 Å². The van der Waals surface area contributed by atoms with Crippen molar-refractivity contribution in [1.82, 2.24) is 9.97 Å². The van der Waals surface area contributed by atoms with Gasteiger partial charge in [-0.3, -0.25) is 14.9 Å². The molecule has 0 unspecified atom stereocenters. The minimum absolute atomic E-state index is 0.0145. The van der Waals surface area contributed by atoms with Crippen molar-refractivity contribution >= 4 is 17.8 Å². The Bertz CT molecular complexity index is 794. The van der Waals surface area contributed by atoms with E-state index in [0.29, 0.717) is 0 Å². The molecule has 0 spiro atoms. The van der Waals surface area contributed by atoms with Crippen molar-refractivity contribution in [2.45, 2.75) is 20.0 Å². The summed E-state index contributed by atoms with van der Waals surface area (Å²) in [5.74, 6) is -0.170. The number of aromatic nitrogens is 2. The summed E-state index contributed by atoms with van der Waals surface area (Å²) >= 11 is 0. The van der Waals surface area contributed by atoms with Gasteiger partial charge in [-0.25, -0.2) is 0 Å². The molecule has 1 aromatic carbocycles. The Hall–Kier alpha value is -3.16. The summed E-state index contributed by atoms with van der Waals surface area (Å²) in [4.78, 5) is 26.9. The first-order valence-electron chi connectivity index (χ1n) is 6.79. The van der Waals surface area contributed by atoms with Crippen LogP contribution in [0.3, 0.4) is 0 Å². The van der Waals surface area contributed by atoms with E-state index in [2.05, 4.69) is 9.97 Å². The number of ether oxygens (including phenoxy) is 1. The first-order valence-corrected chi connectivity index (χ1v) is 6.79. The SMILES string of the molecule is CC(C)Oc1ccc(/C=C/c2nc(O)c([N+](=O)[O-])c(=O)[nH]2)cc1. The molecule has 120 valence electrons. The zero-order valence-corrected chi connectivity index (χ0v) is 12.5. The average molecular weight is 317 g/mol. The van der Waals surface area contributed by atoms with Crippen LogP contribution in [0.2, 0.25) is 0 Å². The Kier molecular flexibility index (Phi) is 4.75. The van der Waals surface area contributed by atoms with Gasteiger partial charge >= 0.3 is 11.2 Å². The Labute approximate surface area is 131 Å². The Morgan fingerprint density at radius 2 is 1.96 bits per heavy atom. The van der Waals surface area contributed by atoms with E-state index >= 15 is 0 Å². The van der Waals surface area contributed by atoms with Gasteiger partial charge in [0.25, 0.3) is 5.88 Å². The molecule has 0 aliphatic carbocycles. The second kappa shape index (κ2) is 6.73. The maximum Gasteiger partial charge on any atom is 0.395 e. The van der Waals surface area contributed by atoms with Gasteiger partial charge in [0.05, 0.1) is 11.0 Å². The molecule has 2 N–H and O–H groups in total. The van der Waals surface area contributed by atoms with Crippen molar-refractivity contribution in [3.05, 3.63) is 56.1 Å². The molecule has 1 aromatic heterocycles. The summed E-state index contributed by atoms with van der Waals surface area (Å²) in [6.45, 7) is 3.85. The van der Waals surface area contributed by atoms with Crippen molar-refractivity contribution in [3.8, 4) is 11.6 Å². The minimum Gasteiger partial charge on any atom is -0.491 e. The first kappa shape index (κ1) is 16.2. The third-order valence-electron chi connectivity index (χ3n) is 2.76. The summed E-state index contributed by atoms with van der Waals surface area (Å²) in [5, 5.41) is 20.0. The lowest BCUT2D eigenvalue weighted by Gasteiger charge is -2.09. The fourth-order valence-electron chi connectivity index (χ4n) is 1.82. The molecule has 0 saturated heterocycles. The van der Waals surface area contributed by atoms with Gasteiger partial charge in [-0.05, 0) is 37.6 Å². The minimum atomic E-state index is -1.01. The molecule has 0 fully saturated rings. The van der Waals surface area contributed by atoms with Crippen LogP contribution in [0.5, 0.6) is 11.6 Å². The molecule has 0 atom stereocenters. The lowest BCUT2D eigenvalue weighted by molar-refractivity contribution is -0.387. The maximum absolute atomic E-state index is 11.5. The topological polar surface area (TPSA) is 118 Å². The standard InChI is InChI=1S/C15H15N3O5/c1-9(2)23-11-6-3-10(4-7-11)5-8-12-16-14(19)13(18(21)22)15(20)17-12/h3-9H,1-2H3,(H2,16,17,19,20)/b8-5+. The van der Waals surface area contributed by atoms with Crippen LogP contribution in [0.1, 0.15) is 25.2 Å². The van der Waals surface area contributed by atoms with Crippen LogP contribution < -0.4 is 10.3 Å². The molecule has 2 rings (SSSR count). The summed E-state index contributed by atoms with van der Waals surface area (Å²) in [6.07, 6.45) is 3.15. The Morgan fingerprint density at radius 1 is 1.30 bits per heavy atom. The fourth-order valence-corrected chi connectivity index (χ4v) is 1.82. The second-order valence-corrected chi connectivity index (χ2v) is 4.95. The summed E-state index contributed by atoms with van der Waals surface area (Å²) in [6, 6.07) is 7.20. The predicted molar refractivity (Wildman–Crippen MR) is 84.3 cm³/mol. The van der Waals surface area contributed by atoms with E-state index in [-0.39, 0.29) is 11.9 Å². The van der Waals surface area contributed by atoms with Crippen molar-refractivity contribution in [2.75, 3.05) is 0 Å². The van der Waals surface area contributed by atoms with E-state index in [1.807, 2.05) is 13.8 Å². The number of aromatic hydroxyl groups is 1. The van der Waals surface area contributed by atoms with E-state index in [9.17, 15) is 20.0 Å². The van der Waals surface area contributed by atoms with Crippen LogP contribution in [-0.2, 0) is 0 Å². The maximum atomic E-state index is 11.5. The fraction of sp³-hybridized carbons (Fsp3) is 0.200. The van der Waals surface area contributed by atoms with Gasteiger partial charge in [-0.2, -0.15) is 4.98 Å². The summed E-state index contributed by atoms with van der Waals surface area (Å²) in [7, 11) is 0. The molecule has 0 amide bonds. The summed E-state index contributed by atoms with van der Waals surface area (Å²) < 4.78 is 5.52. The largest absolute Gasteiger partial charge is 0.491 e. The molecule has 0 radical (unpaired) electrons. The predicted octanol–water partition coefficient (Wildman–Crippen LogP) is 2.34. The number of H-pyrrole nitrogens is 1. The number of rotatable bonds is 5. The number of hydrogen-bond donors (Lipinski definition) is 2. The normalized spacial score (nSPS) is 11.1. The zero-order chi connectivity index (χ0) is 17.0. The van der Waals surface area contributed by atoms with Gasteiger partial charge in [0, 0.05) is 0 Å². The highest BCUT2D eigenvalue weighted by atomic mass is 16.6. The van der Waals surface area contributed by atoms with Crippen LogP contribution in [0.4, 0.5) is 5.69 Å². The number of nitrogens with one attached hydrogen (secondary N) is 1.